The van der Waals surface area contributed by atoms with Crippen LogP contribution in [-0.2, 0) is 4.74 Å². The number of cyclic esters (lactones) is 1. The van der Waals surface area contributed by atoms with Crippen LogP contribution in [-0.4, -0.2) is 58.1 Å². The van der Waals surface area contributed by atoms with Gasteiger partial charge in [-0.2, -0.15) is 0 Å². The zero-order chi connectivity index (χ0) is 16.1. The molecule has 3 heterocycles. The fourth-order valence-corrected chi connectivity index (χ4v) is 2.12. The zero-order valence-corrected chi connectivity index (χ0v) is 12.3. The van der Waals surface area contributed by atoms with Gasteiger partial charge in [-0.3, -0.25) is 9.78 Å². The van der Waals surface area contributed by atoms with Crippen molar-refractivity contribution in [1.82, 2.24) is 25.2 Å². The van der Waals surface area contributed by atoms with Crippen LogP contribution in [0, 0.1) is 0 Å². The molecule has 0 radical (unpaired) electrons. The van der Waals surface area contributed by atoms with Gasteiger partial charge in [-0.05, 0) is 12.1 Å². The second-order valence-electron chi connectivity index (χ2n) is 4.89. The summed E-state index contributed by atoms with van der Waals surface area (Å²) in [4.78, 5) is 37.2. The molecule has 1 N–H and O–H groups in total. The molecule has 0 unspecified atom stereocenters. The summed E-state index contributed by atoms with van der Waals surface area (Å²) in [6.07, 6.45) is 5.92. The monoisotopic (exact) mass is 313 g/mol. The van der Waals surface area contributed by atoms with Crippen LogP contribution in [0.2, 0.25) is 0 Å². The first-order valence-electron chi connectivity index (χ1n) is 7.16. The normalized spacial score (nSPS) is 13.7. The summed E-state index contributed by atoms with van der Waals surface area (Å²) in [6.45, 7) is 1.71. The number of rotatable bonds is 5. The average molecular weight is 313 g/mol. The van der Waals surface area contributed by atoms with Crippen LogP contribution in [0.4, 0.5) is 4.79 Å². The minimum Gasteiger partial charge on any atom is -0.448 e. The number of amides is 2. The van der Waals surface area contributed by atoms with E-state index < -0.39 is 0 Å². The molecule has 1 saturated heterocycles. The van der Waals surface area contributed by atoms with E-state index in [1.165, 1.54) is 12.4 Å². The van der Waals surface area contributed by atoms with Gasteiger partial charge in [0.2, 0.25) is 0 Å². The van der Waals surface area contributed by atoms with Crippen molar-refractivity contribution in [3.05, 3.63) is 42.5 Å². The van der Waals surface area contributed by atoms with Crippen molar-refractivity contribution in [2.24, 2.45) is 0 Å². The number of hydrogen-bond acceptors (Lipinski definition) is 6. The van der Waals surface area contributed by atoms with Gasteiger partial charge in [0.05, 0.1) is 12.1 Å². The molecule has 0 aliphatic carbocycles. The highest BCUT2D eigenvalue weighted by molar-refractivity contribution is 5.93. The van der Waals surface area contributed by atoms with E-state index in [1.54, 1.807) is 23.4 Å². The first-order valence-corrected chi connectivity index (χ1v) is 7.16. The highest BCUT2D eigenvalue weighted by atomic mass is 16.6. The Morgan fingerprint density at radius 1 is 1.30 bits per heavy atom. The van der Waals surface area contributed by atoms with E-state index in [9.17, 15) is 9.59 Å². The Morgan fingerprint density at radius 2 is 2.13 bits per heavy atom. The van der Waals surface area contributed by atoms with E-state index >= 15 is 0 Å². The molecule has 0 spiro atoms. The molecule has 2 amide bonds. The van der Waals surface area contributed by atoms with Crippen molar-refractivity contribution in [2.75, 3.05) is 26.2 Å². The minimum absolute atomic E-state index is 0.282. The minimum atomic E-state index is -0.344. The van der Waals surface area contributed by atoms with Crippen LogP contribution in [0.5, 0.6) is 0 Å². The molecular formula is C15H15N5O3. The van der Waals surface area contributed by atoms with E-state index in [0.717, 1.165) is 5.56 Å². The Labute approximate surface area is 132 Å². The third kappa shape index (κ3) is 3.60. The lowest BCUT2D eigenvalue weighted by Crippen LogP contribution is -2.35. The molecule has 8 nitrogen and oxygen atoms in total. The summed E-state index contributed by atoms with van der Waals surface area (Å²) in [5, 5.41) is 2.72. The maximum atomic E-state index is 12.0. The van der Waals surface area contributed by atoms with Crippen molar-refractivity contribution in [2.45, 2.75) is 0 Å². The first-order chi connectivity index (χ1) is 11.2. The maximum Gasteiger partial charge on any atom is 0.409 e. The lowest BCUT2D eigenvalue weighted by atomic mass is 10.2. The smallest absolute Gasteiger partial charge is 0.409 e. The summed E-state index contributed by atoms with van der Waals surface area (Å²) in [5.74, 6) is 0.227. The van der Waals surface area contributed by atoms with E-state index in [1.807, 2.05) is 6.07 Å². The molecule has 1 aliphatic heterocycles. The SMILES string of the molecule is O=C(NCCN1CCOC1=O)c1cnc(-c2cccnc2)nc1. The van der Waals surface area contributed by atoms with Gasteiger partial charge in [0.15, 0.2) is 5.82 Å². The number of nitrogens with one attached hydrogen (secondary N) is 1. The van der Waals surface area contributed by atoms with Gasteiger partial charge < -0.3 is 15.0 Å². The quantitative estimate of drug-likeness (QED) is 0.873. The Bertz CT molecular complexity index is 690. The van der Waals surface area contributed by atoms with Gasteiger partial charge in [-0.15, -0.1) is 0 Å². The molecule has 23 heavy (non-hydrogen) atoms. The molecule has 1 fully saturated rings. The average Bonchev–Trinajstić information content (AvgIpc) is 3.01. The molecule has 3 rings (SSSR count). The molecule has 118 valence electrons. The molecule has 8 heteroatoms. The van der Waals surface area contributed by atoms with Gasteiger partial charge >= 0.3 is 6.09 Å². The van der Waals surface area contributed by atoms with E-state index in [-0.39, 0.29) is 12.0 Å². The molecule has 0 atom stereocenters. The molecular weight excluding hydrogens is 298 g/mol. The van der Waals surface area contributed by atoms with Crippen LogP contribution >= 0.6 is 0 Å². The Balaban J connectivity index is 1.54. The van der Waals surface area contributed by atoms with Gasteiger partial charge in [0.25, 0.3) is 5.91 Å². The second-order valence-corrected chi connectivity index (χ2v) is 4.89. The van der Waals surface area contributed by atoms with Crippen molar-refractivity contribution in [3.63, 3.8) is 0 Å². The Kier molecular flexibility index (Phi) is 4.41. The van der Waals surface area contributed by atoms with Crippen molar-refractivity contribution in [3.8, 4) is 11.4 Å². The number of hydrogen-bond donors (Lipinski definition) is 1. The summed E-state index contributed by atoms with van der Waals surface area (Å²) < 4.78 is 4.81. The third-order valence-electron chi connectivity index (χ3n) is 3.35. The van der Waals surface area contributed by atoms with Gasteiger partial charge in [0.1, 0.15) is 6.61 Å². The van der Waals surface area contributed by atoms with Gasteiger partial charge in [-0.25, -0.2) is 14.8 Å². The largest absolute Gasteiger partial charge is 0.448 e. The lowest BCUT2D eigenvalue weighted by Gasteiger charge is -2.12. The van der Waals surface area contributed by atoms with Crippen LogP contribution in [0.3, 0.4) is 0 Å². The summed E-state index contributed by atoms with van der Waals surface area (Å²) in [5.41, 5.74) is 1.15. The standard InChI is InChI=1S/C15H15N5O3/c21-14(17-4-5-20-6-7-23-15(20)22)12-9-18-13(19-10-12)11-2-1-3-16-8-11/h1-3,8-10H,4-7H2,(H,17,21). The molecule has 2 aromatic heterocycles. The molecule has 1 aliphatic rings. The number of carbonyl (C=O) groups excluding carboxylic acids is 2. The molecule has 0 aromatic carbocycles. The Hall–Kier alpha value is -3.03. The molecule has 0 bridgehead atoms. The van der Waals surface area contributed by atoms with Crippen molar-refractivity contribution < 1.29 is 14.3 Å². The highest BCUT2D eigenvalue weighted by Gasteiger charge is 2.21. The molecule has 0 saturated carbocycles. The fraction of sp³-hybridized carbons (Fsp3) is 0.267. The second kappa shape index (κ2) is 6.82. The van der Waals surface area contributed by atoms with E-state index in [0.29, 0.717) is 37.6 Å². The number of nitrogens with zero attached hydrogens (tertiary/aromatic N) is 4. The van der Waals surface area contributed by atoms with Crippen LogP contribution in [0.15, 0.2) is 36.9 Å². The first kappa shape index (κ1) is 14.9. The van der Waals surface area contributed by atoms with Crippen molar-refractivity contribution >= 4 is 12.0 Å². The van der Waals surface area contributed by atoms with E-state index in [2.05, 4.69) is 20.3 Å². The predicted octanol–water partition coefficient (Wildman–Crippen LogP) is 0.721. The number of aromatic nitrogens is 3. The van der Waals surface area contributed by atoms with Gasteiger partial charge in [-0.1, -0.05) is 0 Å². The number of pyridine rings is 1. The zero-order valence-electron chi connectivity index (χ0n) is 12.3. The van der Waals surface area contributed by atoms with Gasteiger partial charge in [0, 0.05) is 43.4 Å². The van der Waals surface area contributed by atoms with Crippen LogP contribution in [0.25, 0.3) is 11.4 Å². The predicted molar refractivity (Wildman–Crippen MR) is 80.5 cm³/mol. The Morgan fingerprint density at radius 3 is 2.78 bits per heavy atom. The van der Waals surface area contributed by atoms with Crippen LogP contribution < -0.4 is 5.32 Å². The summed E-state index contributed by atoms with van der Waals surface area (Å²) in [6, 6.07) is 3.64. The maximum absolute atomic E-state index is 12.0. The van der Waals surface area contributed by atoms with Crippen LogP contribution in [0.1, 0.15) is 10.4 Å². The summed E-state index contributed by atoms with van der Waals surface area (Å²) >= 11 is 0. The highest BCUT2D eigenvalue weighted by Crippen LogP contribution is 2.11. The number of ether oxygens (including phenoxy) is 1. The lowest BCUT2D eigenvalue weighted by molar-refractivity contribution is 0.0948. The summed E-state index contributed by atoms with van der Waals surface area (Å²) in [7, 11) is 0. The number of carbonyl (C=O) groups is 2. The fourth-order valence-electron chi connectivity index (χ4n) is 2.12. The van der Waals surface area contributed by atoms with Crippen molar-refractivity contribution in [1.29, 1.82) is 0 Å². The molecule has 2 aromatic rings. The van der Waals surface area contributed by atoms with E-state index in [4.69, 9.17) is 4.74 Å². The third-order valence-corrected chi connectivity index (χ3v) is 3.35. The topological polar surface area (TPSA) is 97.3 Å².